The van der Waals surface area contributed by atoms with Crippen molar-refractivity contribution in [3.63, 3.8) is 0 Å². The van der Waals surface area contributed by atoms with Crippen molar-refractivity contribution in [1.29, 1.82) is 0 Å². The van der Waals surface area contributed by atoms with Gasteiger partial charge in [-0.05, 0) is 43.5 Å². The van der Waals surface area contributed by atoms with Crippen molar-refractivity contribution in [2.75, 3.05) is 0 Å². The molecule has 116 valence electrons. The molecule has 0 bridgehead atoms. The van der Waals surface area contributed by atoms with Gasteiger partial charge in [-0.25, -0.2) is 9.55 Å². The van der Waals surface area contributed by atoms with E-state index in [0.717, 1.165) is 45.3 Å². The number of rotatable bonds is 1. The maximum Gasteiger partial charge on any atom is 0.286 e. The van der Waals surface area contributed by atoms with Gasteiger partial charge in [0.05, 0.1) is 18.4 Å². The smallest absolute Gasteiger partial charge is 0.286 e. The van der Waals surface area contributed by atoms with Crippen LogP contribution in [-0.4, -0.2) is 14.5 Å². The van der Waals surface area contributed by atoms with Gasteiger partial charge in [-0.2, -0.15) is 0 Å². The van der Waals surface area contributed by atoms with Crippen LogP contribution in [0.4, 0.5) is 0 Å². The Balaban J connectivity index is 2.08. The zero-order valence-corrected chi connectivity index (χ0v) is 13.8. The lowest BCUT2D eigenvalue weighted by molar-refractivity contribution is -0.663. The van der Waals surface area contributed by atoms with E-state index >= 15 is 0 Å². The van der Waals surface area contributed by atoms with Crippen molar-refractivity contribution in [3.8, 4) is 16.9 Å². The summed E-state index contributed by atoms with van der Waals surface area (Å²) in [6.07, 6.45) is 4.29. The predicted octanol–water partition coefficient (Wildman–Crippen LogP) is 2.90. The normalized spacial score (nSPS) is 14.9. The minimum atomic E-state index is -2.18. The number of benzene rings is 1. The minimum absolute atomic E-state index is 0.447. The molecule has 0 atom stereocenters. The second kappa shape index (κ2) is 4.75. The average Bonchev–Trinajstić information content (AvgIpc) is 3.03. The SMILES string of the molecule is [2H]C([2H])([2H])c1c(C)c(-c2cc(C)nc[n+]2C)cc2c1Cc1nc(C)cn1-2. The summed E-state index contributed by atoms with van der Waals surface area (Å²) in [7, 11) is 1.93. The van der Waals surface area contributed by atoms with E-state index in [2.05, 4.69) is 16.0 Å². The molecule has 4 heteroatoms. The van der Waals surface area contributed by atoms with Gasteiger partial charge in [0.15, 0.2) is 5.69 Å². The highest BCUT2D eigenvalue weighted by molar-refractivity contribution is 5.71. The van der Waals surface area contributed by atoms with Crippen LogP contribution in [0, 0.1) is 27.6 Å². The van der Waals surface area contributed by atoms with Crippen LogP contribution in [0.25, 0.3) is 16.9 Å². The molecule has 3 aromatic rings. The lowest BCUT2D eigenvalue weighted by atomic mass is 9.93. The van der Waals surface area contributed by atoms with E-state index in [1.807, 2.05) is 49.2 Å². The number of aromatic nitrogens is 4. The molecule has 0 aliphatic carbocycles. The van der Waals surface area contributed by atoms with Crippen molar-refractivity contribution in [2.24, 2.45) is 7.05 Å². The van der Waals surface area contributed by atoms with Gasteiger partial charge in [0.2, 0.25) is 0 Å². The van der Waals surface area contributed by atoms with E-state index in [0.29, 0.717) is 12.0 Å². The number of hydrogen-bond acceptors (Lipinski definition) is 2. The molecule has 0 amide bonds. The molecule has 3 heterocycles. The molecule has 2 aromatic heterocycles. The van der Waals surface area contributed by atoms with Crippen LogP contribution in [0.3, 0.4) is 0 Å². The van der Waals surface area contributed by atoms with Crippen LogP contribution in [0.1, 0.15) is 38.0 Å². The fourth-order valence-corrected chi connectivity index (χ4v) is 3.36. The van der Waals surface area contributed by atoms with Crippen molar-refractivity contribution >= 4 is 0 Å². The molecule has 0 unspecified atom stereocenters. The topological polar surface area (TPSA) is 34.6 Å². The van der Waals surface area contributed by atoms with E-state index in [1.54, 1.807) is 6.33 Å². The number of imidazole rings is 1. The minimum Gasteiger partial charge on any atom is -0.303 e. The number of fused-ring (bicyclic) bond motifs is 3. The highest BCUT2D eigenvalue weighted by Crippen LogP contribution is 2.36. The Morgan fingerprint density at radius 2 is 2.00 bits per heavy atom. The van der Waals surface area contributed by atoms with Gasteiger partial charge in [0.1, 0.15) is 11.5 Å². The van der Waals surface area contributed by atoms with Crippen LogP contribution in [0.2, 0.25) is 0 Å². The molecule has 4 nitrogen and oxygen atoms in total. The Labute approximate surface area is 140 Å². The van der Waals surface area contributed by atoms with Gasteiger partial charge in [0.25, 0.3) is 6.33 Å². The predicted molar refractivity (Wildman–Crippen MR) is 89.7 cm³/mol. The Hall–Kier alpha value is -2.49. The number of hydrogen-bond donors (Lipinski definition) is 0. The number of aryl methyl sites for hydroxylation is 3. The van der Waals surface area contributed by atoms with E-state index in [1.165, 1.54) is 0 Å². The molecule has 0 N–H and O–H groups in total. The third-order valence-corrected chi connectivity index (χ3v) is 4.60. The van der Waals surface area contributed by atoms with Gasteiger partial charge in [-0.3, -0.25) is 0 Å². The van der Waals surface area contributed by atoms with Crippen molar-refractivity contribution in [2.45, 2.75) is 34.0 Å². The second-order valence-electron chi connectivity index (χ2n) is 6.29. The van der Waals surface area contributed by atoms with E-state index in [9.17, 15) is 0 Å². The molecule has 0 saturated heterocycles. The van der Waals surface area contributed by atoms with Gasteiger partial charge in [-0.1, -0.05) is 4.98 Å². The third kappa shape index (κ3) is 2.01. The van der Waals surface area contributed by atoms with E-state index < -0.39 is 6.85 Å². The first-order valence-corrected chi connectivity index (χ1v) is 7.71. The third-order valence-electron chi connectivity index (χ3n) is 4.60. The lowest BCUT2D eigenvalue weighted by Gasteiger charge is -2.14. The van der Waals surface area contributed by atoms with E-state index in [4.69, 9.17) is 4.11 Å². The molecule has 4 rings (SSSR count). The molecular formula is C19H21N4+. The maximum atomic E-state index is 8.12. The highest BCUT2D eigenvalue weighted by atomic mass is 15.1. The Morgan fingerprint density at radius 3 is 2.78 bits per heavy atom. The zero-order valence-electron chi connectivity index (χ0n) is 16.8. The van der Waals surface area contributed by atoms with Crippen molar-refractivity contribution < 1.29 is 8.68 Å². The fraction of sp³-hybridized carbons (Fsp3) is 0.316. The molecule has 23 heavy (non-hydrogen) atoms. The Bertz CT molecular complexity index is 1050. The maximum absolute atomic E-state index is 8.12. The summed E-state index contributed by atoms with van der Waals surface area (Å²) in [5, 5.41) is 0. The van der Waals surface area contributed by atoms with E-state index in [-0.39, 0.29) is 0 Å². The van der Waals surface area contributed by atoms with Crippen LogP contribution >= 0.6 is 0 Å². The average molecular weight is 308 g/mol. The summed E-state index contributed by atoms with van der Waals surface area (Å²) < 4.78 is 28.3. The molecule has 0 fully saturated rings. The quantitative estimate of drug-likeness (QED) is 0.507. The molecule has 1 aliphatic rings. The van der Waals surface area contributed by atoms with Crippen LogP contribution in [0.5, 0.6) is 0 Å². The van der Waals surface area contributed by atoms with Gasteiger partial charge < -0.3 is 4.57 Å². The van der Waals surface area contributed by atoms with Gasteiger partial charge in [-0.15, -0.1) is 0 Å². The molecule has 1 aromatic carbocycles. The van der Waals surface area contributed by atoms with Crippen LogP contribution < -0.4 is 4.57 Å². The molecule has 0 saturated carbocycles. The first kappa shape index (κ1) is 11.1. The summed E-state index contributed by atoms with van der Waals surface area (Å²) in [5.41, 5.74) is 6.73. The largest absolute Gasteiger partial charge is 0.303 e. The monoisotopic (exact) mass is 308 g/mol. The fourth-order valence-electron chi connectivity index (χ4n) is 3.36. The summed E-state index contributed by atoms with van der Waals surface area (Å²) in [4.78, 5) is 8.87. The first-order valence-electron chi connectivity index (χ1n) is 9.21. The summed E-state index contributed by atoms with van der Waals surface area (Å²) in [6, 6.07) is 4.08. The van der Waals surface area contributed by atoms with Gasteiger partial charge in [0, 0.05) is 35.3 Å². The highest BCUT2D eigenvalue weighted by Gasteiger charge is 2.25. The molecular weight excluding hydrogens is 284 g/mol. The summed E-state index contributed by atoms with van der Waals surface area (Å²) >= 11 is 0. The van der Waals surface area contributed by atoms with Gasteiger partial charge >= 0.3 is 0 Å². The molecule has 1 aliphatic heterocycles. The standard InChI is InChI=1S/C19H21N4/c1-11-6-17(22(5)10-20-11)15-7-18-16(14(4)13(15)3)8-19-21-12(2)9-23(18)19/h6-7,9-10H,8H2,1-5H3/q+1/i4D3. The van der Waals surface area contributed by atoms with Crippen LogP contribution in [-0.2, 0) is 13.5 Å². The van der Waals surface area contributed by atoms with Crippen LogP contribution in [0.15, 0.2) is 24.7 Å². The van der Waals surface area contributed by atoms with Crippen molar-refractivity contribution in [1.82, 2.24) is 14.5 Å². The Morgan fingerprint density at radius 1 is 1.17 bits per heavy atom. The molecule has 0 spiro atoms. The summed E-state index contributed by atoms with van der Waals surface area (Å²) in [5.74, 6) is 0.898. The van der Waals surface area contributed by atoms with Crippen molar-refractivity contribution in [3.05, 3.63) is 58.6 Å². The molecule has 0 radical (unpaired) electrons. The second-order valence-corrected chi connectivity index (χ2v) is 6.29. The lowest BCUT2D eigenvalue weighted by Crippen LogP contribution is -2.31. The zero-order chi connectivity index (χ0) is 18.8. The Kier molecular flexibility index (Phi) is 2.29. The first-order chi connectivity index (χ1) is 12.2. The number of nitrogens with zero attached hydrogens (tertiary/aromatic N) is 4. The summed E-state index contributed by atoms with van der Waals surface area (Å²) in [6.45, 7) is 3.62.